The number of aromatic hydroxyl groups is 1. The Balaban J connectivity index is 0.000000146. The van der Waals surface area contributed by atoms with Gasteiger partial charge in [0, 0.05) is 6.54 Å². The third-order valence-corrected chi connectivity index (χ3v) is 2.07. The lowest BCUT2D eigenvalue weighted by Crippen LogP contribution is -2.11. The molecule has 3 N–H and O–H groups in total. The molecule has 3 heteroatoms. The highest BCUT2D eigenvalue weighted by molar-refractivity contribution is 5.24. The van der Waals surface area contributed by atoms with Crippen LogP contribution in [0.25, 0.3) is 0 Å². The van der Waals surface area contributed by atoms with Gasteiger partial charge in [0.1, 0.15) is 5.75 Å². The summed E-state index contributed by atoms with van der Waals surface area (Å²) in [4.78, 5) is 0. The van der Waals surface area contributed by atoms with Crippen molar-refractivity contribution in [3.05, 3.63) is 29.8 Å². The van der Waals surface area contributed by atoms with E-state index < -0.39 is 0 Å². The van der Waals surface area contributed by atoms with Gasteiger partial charge in [-0.2, -0.15) is 0 Å². The zero-order valence-corrected chi connectivity index (χ0v) is 8.40. The van der Waals surface area contributed by atoms with E-state index in [0.29, 0.717) is 5.75 Å². The van der Waals surface area contributed by atoms with Crippen molar-refractivity contribution in [2.75, 3.05) is 13.1 Å². The van der Waals surface area contributed by atoms with Crippen LogP contribution in [-0.4, -0.2) is 29.4 Å². The first-order valence-electron chi connectivity index (χ1n) is 4.83. The van der Waals surface area contributed by atoms with E-state index in [1.807, 2.05) is 19.1 Å². The van der Waals surface area contributed by atoms with E-state index in [0.717, 1.165) is 19.5 Å². The highest BCUT2D eigenvalue weighted by Gasteiger charge is 2.08. The standard InChI is InChI=1S/C7H8O.C4H9NO/c1-6-2-4-7(8)5-3-6;6-4-1-2-5-3-4/h2-5,8H,1H3;4-6H,1-3H2. The topological polar surface area (TPSA) is 52.5 Å². The molecule has 0 spiro atoms. The molecule has 0 saturated carbocycles. The highest BCUT2D eigenvalue weighted by Crippen LogP contribution is 2.07. The Bertz CT molecular complexity index is 231. The van der Waals surface area contributed by atoms with Crippen LogP contribution in [0.2, 0.25) is 0 Å². The van der Waals surface area contributed by atoms with Crippen LogP contribution < -0.4 is 5.32 Å². The monoisotopic (exact) mass is 195 g/mol. The van der Waals surface area contributed by atoms with Crippen molar-refractivity contribution in [2.24, 2.45) is 0 Å². The summed E-state index contributed by atoms with van der Waals surface area (Å²) in [5, 5.41) is 20.4. The first-order valence-corrected chi connectivity index (χ1v) is 4.83. The van der Waals surface area contributed by atoms with Crippen molar-refractivity contribution < 1.29 is 10.2 Å². The van der Waals surface area contributed by atoms with Crippen molar-refractivity contribution >= 4 is 0 Å². The van der Waals surface area contributed by atoms with Crippen LogP contribution in [0.1, 0.15) is 12.0 Å². The minimum atomic E-state index is -0.0648. The zero-order chi connectivity index (χ0) is 10.4. The fourth-order valence-corrected chi connectivity index (χ4v) is 1.18. The number of benzene rings is 1. The van der Waals surface area contributed by atoms with Gasteiger partial charge in [-0.05, 0) is 32.0 Å². The summed E-state index contributed by atoms with van der Waals surface area (Å²) in [5.41, 5.74) is 1.17. The molecule has 3 nitrogen and oxygen atoms in total. The van der Waals surface area contributed by atoms with Gasteiger partial charge in [-0.3, -0.25) is 0 Å². The second-order valence-corrected chi connectivity index (χ2v) is 3.48. The molecule has 0 aliphatic carbocycles. The Morgan fingerprint density at radius 3 is 2.21 bits per heavy atom. The fourth-order valence-electron chi connectivity index (χ4n) is 1.18. The van der Waals surface area contributed by atoms with Crippen LogP contribution in [0, 0.1) is 6.92 Å². The largest absolute Gasteiger partial charge is 0.508 e. The summed E-state index contributed by atoms with van der Waals surface area (Å²) in [5.74, 6) is 0.329. The van der Waals surface area contributed by atoms with Crippen LogP contribution in [0.4, 0.5) is 0 Å². The second kappa shape index (κ2) is 5.62. The van der Waals surface area contributed by atoms with E-state index in [4.69, 9.17) is 10.2 Å². The normalized spacial score (nSPS) is 20.0. The zero-order valence-electron chi connectivity index (χ0n) is 8.40. The van der Waals surface area contributed by atoms with Crippen molar-refractivity contribution in [3.63, 3.8) is 0 Å². The number of phenols is 1. The summed E-state index contributed by atoms with van der Waals surface area (Å²) >= 11 is 0. The molecular weight excluding hydrogens is 178 g/mol. The molecule has 0 bridgehead atoms. The minimum Gasteiger partial charge on any atom is -0.508 e. The predicted octanol–water partition coefficient (Wildman–Crippen LogP) is 1.04. The number of aliphatic hydroxyl groups is 1. The van der Waals surface area contributed by atoms with E-state index in [2.05, 4.69) is 5.32 Å². The highest BCUT2D eigenvalue weighted by atomic mass is 16.3. The molecule has 1 unspecified atom stereocenters. The van der Waals surface area contributed by atoms with Gasteiger partial charge in [0.15, 0.2) is 0 Å². The Labute approximate surface area is 84.4 Å². The van der Waals surface area contributed by atoms with Gasteiger partial charge in [0.25, 0.3) is 0 Å². The number of hydrogen-bond acceptors (Lipinski definition) is 3. The average molecular weight is 195 g/mol. The van der Waals surface area contributed by atoms with Gasteiger partial charge in [-0.1, -0.05) is 17.7 Å². The lowest BCUT2D eigenvalue weighted by Gasteiger charge is -1.90. The van der Waals surface area contributed by atoms with E-state index in [-0.39, 0.29) is 6.10 Å². The number of aryl methyl sites for hydroxylation is 1. The molecule has 1 fully saturated rings. The Hall–Kier alpha value is -1.06. The maximum Gasteiger partial charge on any atom is 0.115 e. The van der Waals surface area contributed by atoms with Crippen molar-refractivity contribution in [3.8, 4) is 5.75 Å². The third-order valence-electron chi connectivity index (χ3n) is 2.07. The predicted molar refractivity (Wildman–Crippen MR) is 56.3 cm³/mol. The summed E-state index contributed by atoms with van der Waals surface area (Å²) < 4.78 is 0. The van der Waals surface area contributed by atoms with Crippen LogP contribution in [0.3, 0.4) is 0 Å². The van der Waals surface area contributed by atoms with E-state index in [9.17, 15) is 0 Å². The molecule has 1 saturated heterocycles. The van der Waals surface area contributed by atoms with Crippen LogP contribution >= 0.6 is 0 Å². The number of aliphatic hydroxyl groups excluding tert-OH is 1. The molecule has 1 aliphatic heterocycles. The van der Waals surface area contributed by atoms with Gasteiger partial charge in [-0.15, -0.1) is 0 Å². The van der Waals surface area contributed by atoms with Crippen LogP contribution in [0.5, 0.6) is 5.75 Å². The van der Waals surface area contributed by atoms with Crippen molar-refractivity contribution in [1.82, 2.24) is 5.32 Å². The minimum absolute atomic E-state index is 0.0648. The number of rotatable bonds is 0. The average Bonchev–Trinajstić information content (AvgIpc) is 2.63. The Morgan fingerprint density at radius 1 is 1.29 bits per heavy atom. The first kappa shape index (κ1) is 11.0. The van der Waals surface area contributed by atoms with Crippen LogP contribution in [0.15, 0.2) is 24.3 Å². The first-order chi connectivity index (χ1) is 6.68. The summed E-state index contributed by atoms with van der Waals surface area (Å²) in [6.07, 6.45) is 0.866. The smallest absolute Gasteiger partial charge is 0.115 e. The summed E-state index contributed by atoms with van der Waals surface area (Å²) in [7, 11) is 0. The summed E-state index contributed by atoms with van der Waals surface area (Å²) in [6.45, 7) is 3.76. The van der Waals surface area contributed by atoms with Crippen LogP contribution in [-0.2, 0) is 0 Å². The molecule has 1 atom stereocenters. The number of β-amino-alcohol motifs (C(OH)–C–C–N with tert-alkyl or cyclic N) is 1. The number of nitrogens with one attached hydrogen (secondary N) is 1. The second-order valence-electron chi connectivity index (χ2n) is 3.48. The molecule has 14 heavy (non-hydrogen) atoms. The van der Waals surface area contributed by atoms with E-state index in [1.54, 1.807) is 12.1 Å². The van der Waals surface area contributed by atoms with Gasteiger partial charge >= 0.3 is 0 Å². The molecule has 0 radical (unpaired) electrons. The third kappa shape index (κ3) is 4.25. The molecule has 2 rings (SSSR count). The van der Waals surface area contributed by atoms with Gasteiger partial charge in [0.2, 0.25) is 0 Å². The SMILES string of the molecule is Cc1ccc(O)cc1.OC1CCNC1. The van der Waals surface area contributed by atoms with Gasteiger partial charge in [-0.25, -0.2) is 0 Å². The van der Waals surface area contributed by atoms with Gasteiger partial charge < -0.3 is 15.5 Å². The number of phenolic OH excluding ortho intramolecular Hbond substituents is 1. The molecule has 1 heterocycles. The molecule has 1 aliphatic rings. The molecule has 78 valence electrons. The summed E-state index contributed by atoms with van der Waals surface area (Å²) in [6, 6.07) is 7.09. The van der Waals surface area contributed by atoms with Gasteiger partial charge in [0.05, 0.1) is 6.10 Å². The molecule has 1 aromatic carbocycles. The van der Waals surface area contributed by atoms with E-state index >= 15 is 0 Å². The van der Waals surface area contributed by atoms with Crippen molar-refractivity contribution in [1.29, 1.82) is 0 Å². The molecule has 0 aromatic heterocycles. The van der Waals surface area contributed by atoms with Crippen molar-refractivity contribution in [2.45, 2.75) is 19.4 Å². The quantitative estimate of drug-likeness (QED) is 0.580. The maximum atomic E-state index is 8.76. The fraction of sp³-hybridized carbons (Fsp3) is 0.455. The molecule has 1 aromatic rings. The van der Waals surface area contributed by atoms with E-state index in [1.165, 1.54) is 5.56 Å². The Morgan fingerprint density at radius 2 is 1.93 bits per heavy atom. The number of hydrogen-bond donors (Lipinski definition) is 3. The Kier molecular flexibility index (Phi) is 4.43. The lowest BCUT2D eigenvalue weighted by atomic mass is 10.2. The lowest BCUT2D eigenvalue weighted by molar-refractivity contribution is 0.196. The maximum absolute atomic E-state index is 8.76. The molecular formula is C11H17NO2. The molecule has 0 amide bonds.